The van der Waals surface area contributed by atoms with Crippen molar-refractivity contribution in [3.8, 4) is 0 Å². The molecular weight excluding hydrogens is 262 g/mol. The molecule has 0 spiro atoms. The van der Waals surface area contributed by atoms with E-state index in [9.17, 15) is 9.59 Å². The number of aromatic nitrogens is 3. The van der Waals surface area contributed by atoms with E-state index in [1.807, 2.05) is 30.3 Å². The molecule has 2 aromatic rings. The Balaban J connectivity index is 1.76. The summed E-state index contributed by atoms with van der Waals surface area (Å²) in [5, 5.41) is 15.6. The zero-order chi connectivity index (χ0) is 14.4. The summed E-state index contributed by atoms with van der Waals surface area (Å²) in [5.74, 6) is -1.67. The van der Waals surface area contributed by atoms with E-state index in [1.165, 1.54) is 6.20 Å². The fourth-order valence-electron chi connectivity index (χ4n) is 1.58. The van der Waals surface area contributed by atoms with Gasteiger partial charge in [0.25, 0.3) is 0 Å². The third-order valence-electron chi connectivity index (χ3n) is 2.55. The molecule has 20 heavy (non-hydrogen) atoms. The number of esters is 1. The molecule has 0 amide bonds. The molecule has 1 aromatic heterocycles. The first-order chi connectivity index (χ1) is 9.65. The molecule has 0 bridgehead atoms. The van der Waals surface area contributed by atoms with Gasteiger partial charge in [-0.05, 0) is 5.56 Å². The van der Waals surface area contributed by atoms with Crippen molar-refractivity contribution in [1.82, 2.24) is 15.0 Å². The summed E-state index contributed by atoms with van der Waals surface area (Å²) in [6.45, 7) is 0.110. The highest BCUT2D eigenvalue weighted by atomic mass is 16.5. The molecule has 7 nitrogen and oxygen atoms in total. The average molecular weight is 275 g/mol. The molecule has 0 aliphatic heterocycles. The molecule has 7 heteroatoms. The van der Waals surface area contributed by atoms with E-state index in [4.69, 9.17) is 9.84 Å². The van der Waals surface area contributed by atoms with Crippen LogP contribution in [0.3, 0.4) is 0 Å². The topological polar surface area (TPSA) is 94.3 Å². The van der Waals surface area contributed by atoms with Crippen LogP contribution in [0.2, 0.25) is 0 Å². The van der Waals surface area contributed by atoms with Crippen molar-refractivity contribution in [3.63, 3.8) is 0 Å². The molecule has 0 saturated carbocycles. The highest BCUT2D eigenvalue weighted by Crippen LogP contribution is 2.00. The third-order valence-corrected chi connectivity index (χ3v) is 2.55. The van der Waals surface area contributed by atoms with Crippen molar-refractivity contribution < 1.29 is 19.4 Å². The van der Waals surface area contributed by atoms with E-state index in [0.29, 0.717) is 6.42 Å². The Morgan fingerprint density at radius 1 is 1.25 bits per heavy atom. The molecule has 104 valence electrons. The summed E-state index contributed by atoms with van der Waals surface area (Å²) in [4.78, 5) is 22.1. The number of nitrogens with zero attached hydrogens (tertiary/aromatic N) is 3. The van der Waals surface area contributed by atoms with Crippen LogP contribution in [0.15, 0.2) is 36.5 Å². The number of hydrogen-bond acceptors (Lipinski definition) is 5. The van der Waals surface area contributed by atoms with Gasteiger partial charge in [0.2, 0.25) is 0 Å². The highest BCUT2D eigenvalue weighted by Gasteiger charge is 2.11. The van der Waals surface area contributed by atoms with Crippen molar-refractivity contribution >= 4 is 11.9 Å². The fraction of sp³-hybridized carbons (Fsp3) is 0.231. The van der Waals surface area contributed by atoms with Crippen molar-refractivity contribution in [2.45, 2.75) is 13.0 Å². The molecule has 1 heterocycles. The summed E-state index contributed by atoms with van der Waals surface area (Å²) < 4.78 is 6.18. The van der Waals surface area contributed by atoms with Gasteiger partial charge < -0.3 is 9.84 Å². The van der Waals surface area contributed by atoms with Crippen molar-refractivity contribution in [2.24, 2.45) is 0 Å². The molecule has 0 saturated heterocycles. The first-order valence-corrected chi connectivity index (χ1v) is 5.98. The number of carbonyl (C=O) groups is 2. The Hall–Kier alpha value is -2.70. The predicted octanol–water partition coefficient (Wildman–Crippen LogP) is 0.762. The Morgan fingerprint density at radius 2 is 2.00 bits per heavy atom. The Kier molecular flexibility index (Phi) is 4.43. The van der Waals surface area contributed by atoms with Crippen LogP contribution in [0.1, 0.15) is 16.1 Å². The van der Waals surface area contributed by atoms with Crippen LogP contribution in [0.4, 0.5) is 0 Å². The SMILES string of the molecule is O=C(Cn1cc(C(=O)O)nn1)OCCc1ccccc1. The lowest BCUT2D eigenvalue weighted by Gasteiger charge is -2.04. The van der Waals surface area contributed by atoms with Gasteiger partial charge in [-0.15, -0.1) is 5.10 Å². The number of aromatic carboxylic acids is 1. The van der Waals surface area contributed by atoms with E-state index < -0.39 is 11.9 Å². The normalized spacial score (nSPS) is 10.2. The van der Waals surface area contributed by atoms with Crippen LogP contribution >= 0.6 is 0 Å². The maximum absolute atomic E-state index is 11.5. The Labute approximate surface area is 114 Å². The molecule has 0 aliphatic carbocycles. The van der Waals surface area contributed by atoms with Gasteiger partial charge in [-0.2, -0.15) is 0 Å². The number of carboxylic acid groups (broad SMARTS) is 1. The molecule has 0 unspecified atom stereocenters. The average Bonchev–Trinajstić information content (AvgIpc) is 2.88. The van der Waals surface area contributed by atoms with Gasteiger partial charge in [0.1, 0.15) is 6.54 Å². The molecule has 1 N–H and O–H groups in total. The predicted molar refractivity (Wildman–Crippen MR) is 68.1 cm³/mol. The Morgan fingerprint density at radius 3 is 2.65 bits per heavy atom. The van der Waals surface area contributed by atoms with Gasteiger partial charge in [-0.1, -0.05) is 35.5 Å². The lowest BCUT2D eigenvalue weighted by atomic mass is 10.2. The third kappa shape index (κ3) is 3.91. The number of carbonyl (C=O) groups excluding carboxylic acids is 1. The number of ether oxygens (including phenoxy) is 1. The minimum absolute atomic E-state index is 0.158. The van der Waals surface area contributed by atoms with Gasteiger partial charge in [0.15, 0.2) is 5.69 Å². The van der Waals surface area contributed by atoms with Crippen molar-refractivity contribution in [2.75, 3.05) is 6.61 Å². The van der Waals surface area contributed by atoms with Crippen molar-refractivity contribution in [3.05, 3.63) is 47.8 Å². The smallest absolute Gasteiger partial charge is 0.358 e. The number of rotatable bonds is 6. The van der Waals surface area contributed by atoms with Crippen LogP contribution in [-0.2, 0) is 22.5 Å². The van der Waals surface area contributed by atoms with Crippen LogP contribution < -0.4 is 0 Å². The van der Waals surface area contributed by atoms with E-state index in [0.717, 1.165) is 10.2 Å². The molecular formula is C13H13N3O4. The van der Waals surface area contributed by atoms with Gasteiger partial charge in [-0.3, -0.25) is 4.79 Å². The highest BCUT2D eigenvalue weighted by molar-refractivity contribution is 5.84. The molecule has 0 radical (unpaired) electrons. The number of benzene rings is 1. The zero-order valence-electron chi connectivity index (χ0n) is 10.6. The van der Waals surface area contributed by atoms with Crippen LogP contribution in [0, 0.1) is 0 Å². The number of hydrogen-bond donors (Lipinski definition) is 1. The standard InChI is InChI=1S/C13H13N3O4/c17-12(9-16-8-11(13(18)19)14-15-16)20-7-6-10-4-2-1-3-5-10/h1-5,8H,6-7,9H2,(H,18,19). The number of carboxylic acids is 1. The first-order valence-electron chi connectivity index (χ1n) is 5.98. The van der Waals surface area contributed by atoms with Gasteiger partial charge in [0.05, 0.1) is 12.8 Å². The summed E-state index contributed by atoms with van der Waals surface area (Å²) in [6.07, 6.45) is 1.81. The quantitative estimate of drug-likeness (QED) is 0.782. The maximum atomic E-state index is 11.5. The molecule has 0 aliphatic rings. The molecule has 1 aromatic carbocycles. The molecule has 0 fully saturated rings. The fourth-order valence-corrected chi connectivity index (χ4v) is 1.58. The molecule has 2 rings (SSSR count). The minimum atomic E-state index is -1.19. The van der Waals surface area contributed by atoms with Crippen LogP contribution in [0.5, 0.6) is 0 Å². The monoisotopic (exact) mass is 275 g/mol. The summed E-state index contributed by atoms with van der Waals surface area (Å²) in [7, 11) is 0. The first kappa shape index (κ1) is 13.7. The van der Waals surface area contributed by atoms with E-state index in [2.05, 4.69) is 10.3 Å². The zero-order valence-corrected chi connectivity index (χ0v) is 10.6. The second-order valence-corrected chi connectivity index (χ2v) is 4.06. The second-order valence-electron chi connectivity index (χ2n) is 4.06. The van der Waals surface area contributed by atoms with Crippen LogP contribution in [0.25, 0.3) is 0 Å². The maximum Gasteiger partial charge on any atom is 0.358 e. The van der Waals surface area contributed by atoms with Gasteiger partial charge in [0, 0.05) is 6.42 Å². The minimum Gasteiger partial charge on any atom is -0.476 e. The summed E-state index contributed by atoms with van der Waals surface area (Å²) in [6, 6.07) is 9.65. The summed E-state index contributed by atoms with van der Waals surface area (Å²) in [5.41, 5.74) is 0.872. The lowest BCUT2D eigenvalue weighted by Crippen LogP contribution is -2.15. The molecule has 0 atom stereocenters. The van der Waals surface area contributed by atoms with E-state index >= 15 is 0 Å². The van der Waals surface area contributed by atoms with E-state index in [1.54, 1.807) is 0 Å². The van der Waals surface area contributed by atoms with Crippen molar-refractivity contribution in [1.29, 1.82) is 0 Å². The van der Waals surface area contributed by atoms with E-state index in [-0.39, 0.29) is 18.8 Å². The Bertz CT molecular complexity index is 595. The largest absolute Gasteiger partial charge is 0.476 e. The summed E-state index contributed by atoms with van der Waals surface area (Å²) >= 11 is 0. The van der Waals surface area contributed by atoms with Crippen LogP contribution in [-0.4, -0.2) is 38.6 Å². The van der Waals surface area contributed by atoms with Gasteiger partial charge >= 0.3 is 11.9 Å². The second kappa shape index (κ2) is 6.46. The lowest BCUT2D eigenvalue weighted by molar-refractivity contribution is -0.144. The van der Waals surface area contributed by atoms with Gasteiger partial charge in [-0.25, -0.2) is 9.48 Å².